The molecule has 0 radical (unpaired) electrons. The molecular weight excluding hydrogens is 138 g/mol. The molecule has 0 spiro atoms. The van der Waals surface area contributed by atoms with Gasteiger partial charge >= 0.3 is 0 Å². The van der Waals surface area contributed by atoms with E-state index in [0.717, 1.165) is 5.56 Å². The number of aromatic nitrogens is 2. The van der Waals surface area contributed by atoms with E-state index < -0.39 is 0 Å². The molecule has 0 saturated carbocycles. The minimum absolute atomic E-state index is 0.273. The lowest BCUT2D eigenvalue weighted by atomic mass is 10.3. The van der Waals surface area contributed by atoms with Gasteiger partial charge in [-0.1, -0.05) is 11.8 Å². The first-order valence-corrected chi connectivity index (χ1v) is 3.17. The standard InChI is InChI=1S/C8H7N3/c1-11-7-8(6-10-11)4-2-3-5-9/h6-7H,3H2,1H3. The van der Waals surface area contributed by atoms with Crippen LogP contribution in [0, 0.1) is 23.2 Å². The van der Waals surface area contributed by atoms with Gasteiger partial charge in [0.15, 0.2) is 0 Å². The van der Waals surface area contributed by atoms with E-state index in [4.69, 9.17) is 5.26 Å². The van der Waals surface area contributed by atoms with Crippen molar-refractivity contribution in [3.63, 3.8) is 0 Å². The highest BCUT2D eigenvalue weighted by Crippen LogP contribution is 1.91. The first-order valence-electron chi connectivity index (χ1n) is 3.17. The summed E-state index contributed by atoms with van der Waals surface area (Å²) >= 11 is 0. The second kappa shape index (κ2) is 3.43. The Hall–Kier alpha value is -1.74. The Morgan fingerprint density at radius 3 is 3.09 bits per heavy atom. The molecule has 0 N–H and O–H groups in total. The van der Waals surface area contributed by atoms with Crippen LogP contribution < -0.4 is 0 Å². The molecule has 0 saturated heterocycles. The topological polar surface area (TPSA) is 41.6 Å². The van der Waals surface area contributed by atoms with E-state index in [2.05, 4.69) is 16.9 Å². The maximum atomic E-state index is 8.18. The van der Waals surface area contributed by atoms with Gasteiger partial charge in [0.1, 0.15) is 0 Å². The quantitative estimate of drug-likeness (QED) is 0.504. The van der Waals surface area contributed by atoms with E-state index >= 15 is 0 Å². The zero-order valence-corrected chi connectivity index (χ0v) is 6.20. The molecule has 3 nitrogen and oxygen atoms in total. The Balaban J connectivity index is 2.68. The molecule has 0 bridgehead atoms. The lowest BCUT2D eigenvalue weighted by Crippen LogP contribution is -1.83. The van der Waals surface area contributed by atoms with Gasteiger partial charge in [-0.2, -0.15) is 10.4 Å². The van der Waals surface area contributed by atoms with Crippen LogP contribution in [0.2, 0.25) is 0 Å². The molecule has 0 fully saturated rings. The predicted molar refractivity (Wildman–Crippen MR) is 40.3 cm³/mol. The van der Waals surface area contributed by atoms with Crippen molar-refractivity contribution in [1.82, 2.24) is 9.78 Å². The summed E-state index contributed by atoms with van der Waals surface area (Å²) in [6.45, 7) is 0. The molecule has 0 atom stereocenters. The summed E-state index contributed by atoms with van der Waals surface area (Å²) in [6.07, 6.45) is 3.75. The summed E-state index contributed by atoms with van der Waals surface area (Å²) in [5.41, 5.74) is 0.850. The molecule has 0 amide bonds. The second-order valence-corrected chi connectivity index (χ2v) is 2.04. The summed E-state index contributed by atoms with van der Waals surface area (Å²) in [6, 6.07) is 1.94. The first kappa shape index (κ1) is 7.37. The number of rotatable bonds is 0. The summed E-state index contributed by atoms with van der Waals surface area (Å²) < 4.78 is 1.68. The van der Waals surface area contributed by atoms with E-state index in [9.17, 15) is 0 Å². The number of hydrogen-bond acceptors (Lipinski definition) is 2. The third-order valence-corrected chi connectivity index (χ3v) is 1.11. The summed E-state index contributed by atoms with van der Waals surface area (Å²) in [7, 11) is 1.83. The zero-order chi connectivity index (χ0) is 8.10. The molecule has 3 heteroatoms. The normalized spacial score (nSPS) is 8.00. The molecule has 0 unspecified atom stereocenters. The van der Waals surface area contributed by atoms with E-state index in [1.165, 1.54) is 0 Å². The van der Waals surface area contributed by atoms with Crippen LogP contribution in [0.1, 0.15) is 12.0 Å². The summed E-state index contributed by atoms with van der Waals surface area (Å²) in [5.74, 6) is 5.51. The minimum Gasteiger partial charge on any atom is -0.275 e. The van der Waals surface area contributed by atoms with Gasteiger partial charge in [0, 0.05) is 13.2 Å². The average molecular weight is 145 g/mol. The van der Waals surface area contributed by atoms with Gasteiger partial charge in [0.05, 0.1) is 24.3 Å². The number of aryl methyl sites for hydroxylation is 1. The van der Waals surface area contributed by atoms with Crippen LogP contribution in [0.15, 0.2) is 12.4 Å². The molecular formula is C8H7N3. The average Bonchev–Trinajstić information content (AvgIpc) is 2.37. The van der Waals surface area contributed by atoms with Crippen LogP contribution in [-0.4, -0.2) is 9.78 Å². The zero-order valence-electron chi connectivity index (χ0n) is 6.20. The van der Waals surface area contributed by atoms with Crippen molar-refractivity contribution < 1.29 is 0 Å². The highest BCUT2D eigenvalue weighted by atomic mass is 15.2. The van der Waals surface area contributed by atoms with E-state index in [1.807, 2.05) is 19.3 Å². The Kier molecular flexibility index (Phi) is 2.30. The SMILES string of the molecule is Cn1cc(C#CCC#N)cn1. The van der Waals surface area contributed by atoms with Crippen molar-refractivity contribution in [2.75, 3.05) is 0 Å². The fraction of sp³-hybridized carbons (Fsp3) is 0.250. The molecule has 0 aliphatic carbocycles. The number of hydrogen-bond donors (Lipinski definition) is 0. The van der Waals surface area contributed by atoms with Crippen LogP contribution in [0.25, 0.3) is 0 Å². The molecule has 1 aromatic rings. The van der Waals surface area contributed by atoms with Crippen molar-refractivity contribution >= 4 is 0 Å². The third kappa shape index (κ3) is 2.15. The molecule has 0 aromatic carbocycles. The summed E-state index contributed by atoms with van der Waals surface area (Å²) in [5, 5.41) is 12.1. The fourth-order valence-electron chi connectivity index (χ4n) is 0.672. The second-order valence-electron chi connectivity index (χ2n) is 2.04. The number of nitrogens with zero attached hydrogens (tertiary/aromatic N) is 3. The molecule has 54 valence electrons. The molecule has 11 heavy (non-hydrogen) atoms. The van der Waals surface area contributed by atoms with Crippen LogP contribution in [0.5, 0.6) is 0 Å². The van der Waals surface area contributed by atoms with Gasteiger partial charge < -0.3 is 0 Å². The Morgan fingerprint density at radius 2 is 2.55 bits per heavy atom. The molecule has 0 aliphatic rings. The van der Waals surface area contributed by atoms with E-state index in [-0.39, 0.29) is 6.42 Å². The minimum atomic E-state index is 0.273. The maximum absolute atomic E-state index is 8.18. The van der Waals surface area contributed by atoms with E-state index in [1.54, 1.807) is 10.9 Å². The van der Waals surface area contributed by atoms with Gasteiger partial charge in [0.2, 0.25) is 0 Å². The van der Waals surface area contributed by atoms with Gasteiger partial charge in [-0.05, 0) is 0 Å². The lowest BCUT2D eigenvalue weighted by Gasteiger charge is -1.78. The van der Waals surface area contributed by atoms with Crippen molar-refractivity contribution in [2.24, 2.45) is 7.05 Å². The lowest BCUT2D eigenvalue weighted by molar-refractivity contribution is 0.767. The van der Waals surface area contributed by atoms with Gasteiger partial charge in [-0.25, -0.2) is 0 Å². The van der Waals surface area contributed by atoms with Gasteiger partial charge in [-0.15, -0.1) is 0 Å². The predicted octanol–water partition coefficient (Wildman–Crippen LogP) is 0.685. The maximum Gasteiger partial charge on any atom is 0.0966 e. The highest BCUT2D eigenvalue weighted by Gasteiger charge is 1.87. The van der Waals surface area contributed by atoms with Gasteiger partial charge in [0.25, 0.3) is 0 Å². The largest absolute Gasteiger partial charge is 0.275 e. The fourth-order valence-corrected chi connectivity index (χ4v) is 0.672. The summed E-state index contributed by atoms with van der Waals surface area (Å²) in [4.78, 5) is 0. The Morgan fingerprint density at radius 1 is 1.73 bits per heavy atom. The van der Waals surface area contributed by atoms with Crippen LogP contribution in [-0.2, 0) is 7.05 Å². The number of nitriles is 1. The van der Waals surface area contributed by atoms with Crippen molar-refractivity contribution in [1.29, 1.82) is 5.26 Å². The third-order valence-electron chi connectivity index (χ3n) is 1.11. The Labute approximate surface area is 65.3 Å². The van der Waals surface area contributed by atoms with Gasteiger partial charge in [-0.3, -0.25) is 4.68 Å². The first-order chi connectivity index (χ1) is 5.33. The van der Waals surface area contributed by atoms with Crippen LogP contribution >= 0.6 is 0 Å². The molecule has 1 rings (SSSR count). The molecule has 1 heterocycles. The Bertz CT molecular complexity index is 332. The van der Waals surface area contributed by atoms with Crippen LogP contribution in [0.3, 0.4) is 0 Å². The van der Waals surface area contributed by atoms with E-state index in [0.29, 0.717) is 0 Å². The van der Waals surface area contributed by atoms with Crippen molar-refractivity contribution in [3.05, 3.63) is 18.0 Å². The van der Waals surface area contributed by atoms with Crippen molar-refractivity contribution in [3.8, 4) is 17.9 Å². The monoisotopic (exact) mass is 145 g/mol. The van der Waals surface area contributed by atoms with Crippen LogP contribution in [0.4, 0.5) is 0 Å². The molecule has 1 aromatic heterocycles. The molecule has 0 aliphatic heterocycles. The smallest absolute Gasteiger partial charge is 0.0966 e. The van der Waals surface area contributed by atoms with Crippen molar-refractivity contribution in [2.45, 2.75) is 6.42 Å². The highest BCUT2D eigenvalue weighted by molar-refractivity contribution is 5.30.